The van der Waals surface area contributed by atoms with Crippen molar-refractivity contribution in [3.8, 4) is 16.9 Å². The summed E-state index contributed by atoms with van der Waals surface area (Å²) in [4.78, 5) is 0. The standard InChI is InChI=1S/C16H18O4S/c1-21(18,19)12-15(17)11-20-16-9-7-14(8-10-16)13-5-3-2-4-6-13/h2-10,15,17H,11-12H2,1H3/t15-/m1/s1. The minimum absolute atomic E-state index is 0.0439. The largest absolute Gasteiger partial charge is 0.491 e. The Kier molecular flexibility index (Phi) is 4.98. The van der Waals surface area contributed by atoms with Crippen LogP contribution < -0.4 is 4.74 Å². The number of sulfone groups is 1. The van der Waals surface area contributed by atoms with Crippen molar-refractivity contribution in [3.63, 3.8) is 0 Å². The molecule has 2 aromatic carbocycles. The highest BCUT2D eigenvalue weighted by atomic mass is 32.2. The number of hydrogen-bond acceptors (Lipinski definition) is 4. The SMILES string of the molecule is CS(=O)(=O)C[C@H](O)COc1ccc(-c2ccccc2)cc1. The molecule has 0 spiro atoms. The summed E-state index contributed by atoms with van der Waals surface area (Å²) < 4.78 is 27.5. The van der Waals surface area contributed by atoms with Gasteiger partial charge in [0.2, 0.25) is 0 Å². The molecule has 4 nitrogen and oxygen atoms in total. The van der Waals surface area contributed by atoms with E-state index in [9.17, 15) is 13.5 Å². The van der Waals surface area contributed by atoms with Crippen molar-refractivity contribution in [1.82, 2.24) is 0 Å². The molecule has 1 N–H and O–H groups in total. The molecule has 0 aliphatic heterocycles. The van der Waals surface area contributed by atoms with Gasteiger partial charge in [0.25, 0.3) is 0 Å². The molecule has 21 heavy (non-hydrogen) atoms. The molecule has 2 rings (SSSR count). The van der Waals surface area contributed by atoms with Crippen LogP contribution in [0.15, 0.2) is 54.6 Å². The minimum atomic E-state index is -3.20. The van der Waals surface area contributed by atoms with Gasteiger partial charge >= 0.3 is 0 Å². The number of aliphatic hydroxyl groups excluding tert-OH is 1. The first-order chi connectivity index (χ1) is 9.94. The van der Waals surface area contributed by atoms with Crippen LogP contribution in [0.25, 0.3) is 11.1 Å². The van der Waals surface area contributed by atoms with E-state index in [2.05, 4.69) is 0 Å². The lowest BCUT2D eigenvalue weighted by molar-refractivity contribution is 0.125. The smallest absolute Gasteiger partial charge is 0.150 e. The molecule has 0 fully saturated rings. The monoisotopic (exact) mass is 306 g/mol. The van der Waals surface area contributed by atoms with E-state index < -0.39 is 15.9 Å². The fourth-order valence-corrected chi connectivity index (χ4v) is 2.76. The van der Waals surface area contributed by atoms with E-state index >= 15 is 0 Å². The first kappa shape index (κ1) is 15.5. The van der Waals surface area contributed by atoms with Crippen LogP contribution in [0.4, 0.5) is 0 Å². The molecule has 112 valence electrons. The molecule has 0 saturated heterocycles. The van der Waals surface area contributed by atoms with Crippen LogP contribution in [0.5, 0.6) is 5.75 Å². The first-order valence-electron chi connectivity index (χ1n) is 6.58. The quantitative estimate of drug-likeness (QED) is 0.888. The van der Waals surface area contributed by atoms with Crippen LogP contribution in [0.1, 0.15) is 0 Å². The predicted octanol–water partition coefficient (Wildman–Crippen LogP) is 2.14. The average Bonchev–Trinajstić information content (AvgIpc) is 2.45. The van der Waals surface area contributed by atoms with Gasteiger partial charge in [-0.1, -0.05) is 42.5 Å². The maximum Gasteiger partial charge on any atom is 0.150 e. The van der Waals surface area contributed by atoms with Crippen molar-refractivity contribution >= 4 is 9.84 Å². The highest BCUT2D eigenvalue weighted by Gasteiger charge is 2.12. The fraction of sp³-hybridized carbons (Fsp3) is 0.250. The molecule has 5 heteroatoms. The van der Waals surface area contributed by atoms with Gasteiger partial charge < -0.3 is 9.84 Å². The normalized spacial score (nSPS) is 12.9. The molecule has 0 bridgehead atoms. The summed E-state index contributed by atoms with van der Waals surface area (Å²) in [6.45, 7) is -0.0439. The van der Waals surface area contributed by atoms with E-state index in [0.29, 0.717) is 5.75 Å². The zero-order chi connectivity index (χ0) is 15.3. The maximum atomic E-state index is 11.0. The maximum absolute atomic E-state index is 11.0. The van der Waals surface area contributed by atoms with Gasteiger partial charge in [-0.05, 0) is 23.3 Å². The Labute approximate surface area is 124 Å². The summed E-state index contributed by atoms with van der Waals surface area (Å²) in [6, 6.07) is 17.4. The summed E-state index contributed by atoms with van der Waals surface area (Å²) in [6.07, 6.45) is 0.0685. The Bertz CT molecular complexity index is 663. The van der Waals surface area contributed by atoms with Gasteiger partial charge in [0.05, 0.1) is 5.75 Å². The fourth-order valence-electron chi connectivity index (χ4n) is 1.96. The predicted molar refractivity (Wildman–Crippen MR) is 83.1 cm³/mol. The number of benzene rings is 2. The zero-order valence-corrected chi connectivity index (χ0v) is 12.6. The van der Waals surface area contributed by atoms with Crippen molar-refractivity contribution in [2.24, 2.45) is 0 Å². The van der Waals surface area contributed by atoms with Gasteiger partial charge in [0.1, 0.15) is 28.3 Å². The third-order valence-electron chi connectivity index (χ3n) is 2.90. The summed E-state index contributed by atoms with van der Waals surface area (Å²) in [7, 11) is -3.20. The second-order valence-electron chi connectivity index (χ2n) is 4.95. The van der Waals surface area contributed by atoms with Gasteiger partial charge in [-0.3, -0.25) is 0 Å². The molecule has 0 aliphatic carbocycles. The molecule has 0 heterocycles. The number of hydrogen-bond donors (Lipinski definition) is 1. The van der Waals surface area contributed by atoms with Crippen molar-refractivity contribution in [3.05, 3.63) is 54.6 Å². The first-order valence-corrected chi connectivity index (χ1v) is 8.64. The van der Waals surface area contributed by atoms with Crippen LogP contribution in [0.3, 0.4) is 0 Å². The van der Waals surface area contributed by atoms with E-state index in [1.165, 1.54) is 0 Å². The molecule has 0 aromatic heterocycles. The van der Waals surface area contributed by atoms with Crippen molar-refractivity contribution in [2.45, 2.75) is 6.10 Å². The molecule has 0 unspecified atom stereocenters. The highest BCUT2D eigenvalue weighted by Crippen LogP contribution is 2.22. The molecule has 0 saturated carbocycles. The Balaban J connectivity index is 1.94. The molecule has 1 atom stereocenters. The summed E-state index contributed by atoms with van der Waals surface area (Å²) >= 11 is 0. The summed E-state index contributed by atoms with van der Waals surface area (Å²) in [5.74, 6) is 0.303. The number of ether oxygens (including phenoxy) is 1. The van der Waals surface area contributed by atoms with Crippen molar-refractivity contribution in [1.29, 1.82) is 0 Å². The Morgan fingerprint density at radius 2 is 1.57 bits per heavy atom. The zero-order valence-electron chi connectivity index (χ0n) is 11.8. The van der Waals surface area contributed by atoms with Gasteiger partial charge in [0, 0.05) is 6.26 Å². The second kappa shape index (κ2) is 6.74. The van der Waals surface area contributed by atoms with Crippen LogP contribution in [-0.2, 0) is 9.84 Å². The van der Waals surface area contributed by atoms with Gasteiger partial charge in [-0.15, -0.1) is 0 Å². The molecule has 0 aliphatic rings. The highest BCUT2D eigenvalue weighted by molar-refractivity contribution is 7.90. The minimum Gasteiger partial charge on any atom is -0.491 e. The van der Waals surface area contributed by atoms with Crippen LogP contribution in [0, 0.1) is 0 Å². The van der Waals surface area contributed by atoms with E-state index in [4.69, 9.17) is 4.74 Å². The third kappa shape index (κ3) is 5.21. The second-order valence-corrected chi connectivity index (χ2v) is 7.13. The number of aliphatic hydroxyl groups is 1. The van der Waals surface area contributed by atoms with Crippen LogP contribution in [-0.4, -0.2) is 38.2 Å². The molecule has 0 radical (unpaired) electrons. The van der Waals surface area contributed by atoms with Crippen LogP contribution in [0.2, 0.25) is 0 Å². The lowest BCUT2D eigenvalue weighted by Gasteiger charge is -2.11. The van der Waals surface area contributed by atoms with Gasteiger partial charge in [0.15, 0.2) is 0 Å². The molecule has 0 amide bonds. The molecule has 2 aromatic rings. The average molecular weight is 306 g/mol. The van der Waals surface area contributed by atoms with Crippen LogP contribution >= 0.6 is 0 Å². The van der Waals surface area contributed by atoms with E-state index in [1.807, 2.05) is 42.5 Å². The lowest BCUT2D eigenvalue weighted by Crippen LogP contribution is -2.26. The molecular formula is C16H18O4S. The Hall–Kier alpha value is -1.85. The van der Waals surface area contributed by atoms with E-state index in [0.717, 1.165) is 17.4 Å². The van der Waals surface area contributed by atoms with Crippen molar-refractivity contribution < 1.29 is 18.3 Å². The molecular weight excluding hydrogens is 288 g/mol. The van der Waals surface area contributed by atoms with E-state index in [-0.39, 0.29) is 12.4 Å². The lowest BCUT2D eigenvalue weighted by atomic mass is 10.1. The van der Waals surface area contributed by atoms with Crippen molar-refractivity contribution in [2.75, 3.05) is 18.6 Å². The van der Waals surface area contributed by atoms with E-state index in [1.54, 1.807) is 12.1 Å². The Morgan fingerprint density at radius 3 is 2.14 bits per heavy atom. The van der Waals surface area contributed by atoms with Gasteiger partial charge in [-0.2, -0.15) is 0 Å². The summed E-state index contributed by atoms with van der Waals surface area (Å²) in [5.41, 5.74) is 2.18. The number of rotatable bonds is 6. The van der Waals surface area contributed by atoms with Gasteiger partial charge in [-0.25, -0.2) is 8.42 Å². The Morgan fingerprint density at radius 1 is 1.00 bits per heavy atom. The topological polar surface area (TPSA) is 63.6 Å². The third-order valence-corrected chi connectivity index (χ3v) is 3.89. The summed E-state index contributed by atoms with van der Waals surface area (Å²) in [5, 5.41) is 9.57.